The Hall–Kier alpha value is -3.41. The zero-order chi connectivity index (χ0) is 19.9. The second-order valence-electron chi connectivity index (χ2n) is 6.49. The third-order valence-electron chi connectivity index (χ3n) is 4.27. The number of hydrogen-bond acceptors (Lipinski definition) is 5. The SMILES string of the molecule is COc1ccccc1CCNc1cc(C(=O)Nc2ccc(C)cc2)nc(C)n1. The number of rotatable bonds is 7. The molecule has 0 aliphatic rings. The molecule has 0 aliphatic carbocycles. The van der Waals surface area contributed by atoms with Crippen LogP contribution in [-0.4, -0.2) is 29.5 Å². The van der Waals surface area contributed by atoms with Gasteiger partial charge in [0, 0.05) is 18.3 Å². The van der Waals surface area contributed by atoms with Gasteiger partial charge in [-0.15, -0.1) is 0 Å². The summed E-state index contributed by atoms with van der Waals surface area (Å²) in [5.41, 5.74) is 3.31. The summed E-state index contributed by atoms with van der Waals surface area (Å²) in [6, 6.07) is 17.2. The lowest BCUT2D eigenvalue weighted by atomic mass is 10.1. The zero-order valence-electron chi connectivity index (χ0n) is 16.3. The standard InChI is InChI=1S/C22H24N4O2/c1-15-8-10-18(11-9-15)26-22(27)19-14-21(25-16(2)24-19)23-13-12-17-6-4-5-7-20(17)28-3/h4-11,14H,12-13H2,1-3H3,(H,26,27)(H,23,24,25). The van der Waals surface area contributed by atoms with Crippen LogP contribution in [0.3, 0.4) is 0 Å². The molecule has 2 aromatic carbocycles. The predicted octanol–water partition coefficient (Wildman–Crippen LogP) is 4.01. The number of anilines is 2. The highest BCUT2D eigenvalue weighted by atomic mass is 16.5. The fourth-order valence-electron chi connectivity index (χ4n) is 2.84. The van der Waals surface area contributed by atoms with Crippen molar-refractivity contribution in [3.8, 4) is 5.75 Å². The highest BCUT2D eigenvalue weighted by Gasteiger charge is 2.11. The Bertz CT molecular complexity index is 955. The number of nitrogens with one attached hydrogen (secondary N) is 2. The molecule has 6 heteroatoms. The molecule has 3 rings (SSSR count). The number of aromatic nitrogens is 2. The molecule has 0 radical (unpaired) electrons. The molecule has 1 amide bonds. The highest BCUT2D eigenvalue weighted by molar-refractivity contribution is 6.03. The van der Waals surface area contributed by atoms with Crippen LogP contribution in [0.4, 0.5) is 11.5 Å². The first kappa shape index (κ1) is 19.4. The maximum atomic E-state index is 12.5. The Balaban J connectivity index is 1.65. The van der Waals surface area contributed by atoms with Gasteiger partial charge in [0.2, 0.25) is 0 Å². The number of ether oxygens (including phenoxy) is 1. The fraction of sp³-hybridized carbons (Fsp3) is 0.227. The second kappa shape index (κ2) is 8.99. The Kier molecular flexibility index (Phi) is 6.22. The summed E-state index contributed by atoms with van der Waals surface area (Å²) in [7, 11) is 1.67. The van der Waals surface area contributed by atoms with Crippen molar-refractivity contribution in [1.82, 2.24) is 9.97 Å². The topological polar surface area (TPSA) is 76.1 Å². The molecule has 0 fully saturated rings. The summed E-state index contributed by atoms with van der Waals surface area (Å²) in [4.78, 5) is 21.2. The Labute approximate surface area is 165 Å². The maximum absolute atomic E-state index is 12.5. The zero-order valence-corrected chi connectivity index (χ0v) is 16.3. The normalized spacial score (nSPS) is 10.4. The molecule has 28 heavy (non-hydrogen) atoms. The number of benzene rings is 2. The maximum Gasteiger partial charge on any atom is 0.274 e. The molecule has 1 aromatic heterocycles. The van der Waals surface area contributed by atoms with Crippen molar-refractivity contribution in [1.29, 1.82) is 0 Å². The largest absolute Gasteiger partial charge is 0.496 e. The van der Waals surface area contributed by atoms with Crippen LogP contribution < -0.4 is 15.4 Å². The van der Waals surface area contributed by atoms with Crippen LogP contribution in [0.1, 0.15) is 27.4 Å². The lowest BCUT2D eigenvalue weighted by Gasteiger charge is -2.11. The van der Waals surface area contributed by atoms with Crippen LogP contribution in [-0.2, 0) is 6.42 Å². The molecule has 6 nitrogen and oxygen atoms in total. The van der Waals surface area contributed by atoms with E-state index in [4.69, 9.17) is 4.74 Å². The van der Waals surface area contributed by atoms with Crippen molar-refractivity contribution in [3.05, 3.63) is 77.2 Å². The minimum atomic E-state index is -0.262. The Morgan fingerprint density at radius 2 is 1.79 bits per heavy atom. The van der Waals surface area contributed by atoms with E-state index in [2.05, 4.69) is 20.6 Å². The number of amides is 1. The number of carbonyl (C=O) groups is 1. The first-order chi connectivity index (χ1) is 13.5. The van der Waals surface area contributed by atoms with Gasteiger partial charge in [0.05, 0.1) is 7.11 Å². The number of carbonyl (C=O) groups excluding carboxylic acids is 1. The lowest BCUT2D eigenvalue weighted by molar-refractivity contribution is 0.102. The van der Waals surface area contributed by atoms with Crippen LogP contribution in [0.25, 0.3) is 0 Å². The quantitative estimate of drug-likeness (QED) is 0.652. The molecule has 0 bridgehead atoms. The molecule has 3 aromatic rings. The van der Waals surface area contributed by atoms with Gasteiger partial charge in [-0.1, -0.05) is 35.9 Å². The van der Waals surface area contributed by atoms with Gasteiger partial charge in [-0.05, 0) is 44.0 Å². The second-order valence-corrected chi connectivity index (χ2v) is 6.49. The summed E-state index contributed by atoms with van der Waals surface area (Å²) in [6.45, 7) is 4.44. The van der Waals surface area contributed by atoms with E-state index < -0.39 is 0 Å². The molecule has 0 atom stereocenters. The molecule has 0 saturated carbocycles. The minimum Gasteiger partial charge on any atom is -0.496 e. The van der Waals surface area contributed by atoms with E-state index in [0.29, 0.717) is 23.9 Å². The van der Waals surface area contributed by atoms with Crippen LogP contribution in [0.15, 0.2) is 54.6 Å². The number of para-hydroxylation sites is 1. The fourth-order valence-corrected chi connectivity index (χ4v) is 2.84. The van der Waals surface area contributed by atoms with E-state index in [9.17, 15) is 4.79 Å². The Morgan fingerprint density at radius 3 is 2.54 bits per heavy atom. The highest BCUT2D eigenvalue weighted by Crippen LogP contribution is 2.18. The summed E-state index contributed by atoms with van der Waals surface area (Å²) in [5.74, 6) is 1.76. The molecule has 0 unspecified atom stereocenters. The van der Waals surface area contributed by atoms with Crippen molar-refractivity contribution in [2.75, 3.05) is 24.3 Å². The molecule has 0 spiro atoms. The molecule has 2 N–H and O–H groups in total. The molecular formula is C22H24N4O2. The van der Waals surface area contributed by atoms with Gasteiger partial charge in [0.25, 0.3) is 5.91 Å². The Morgan fingerprint density at radius 1 is 1.04 bits per heavy atom. The van der Waals surface area contributed by atoms with Crippen molar-refractivity contribution in [2.45, 2.75) is 20.3 Å². The van der Waals surface area contributed by atoms with E-state index in [0.717, 1.165) is 29.0 Å². The van der Waals surface area contributed by atoms with E-state index in [1.807, 2.05) is 55.5 Å². The van der Waals surface area contributed by atoms with Gasteiger partial charge in [0.15, 0.2) is 0 Å². The van der Waals surface area contributed by atoms with Crippen LogP contribution >= 0.6 is 0 Å². The average Bonchev–Trinajstić information content (AvgIpc) is 2.69. The molecule has 0 saturated heterocycles. The van der Waals surface area contributed by atoms with Crippen molar-refractivity contribution in [2.24, 2.45) is 0 Å². The molecule has 1 heterocycles. The smallest absolute Gasteiger partial charge is 0.274 e. The monoisotopic (exact) mass is 376 g/mol. The van der Waals surface area contributed by atoms with Crippen LogP contribution in [0.5, 0.6) is 5.75 Å². The third kappa shape index (κ3) is 5.07. The van der Waals surface area contributed by atoms with Crippen molar-refractivity contribution in [3.63, 3.8) is 0 Å². The van der Waals surface area contributed by atoms with Gasteiger partial charge in [-0.2, -0.15) is 0 Å². The molecule has 0 aliphatic heterocycles. The summed E-state index contributed by atoms with van der Waals surface area (Å²) in [5, 5.41) is 6.13. The van der Waals surface area contributed by atoms with E-state index >= 15 is 0 Å². The van der Waals surface area contributed by atoms with E-state index in [1.165, 1.54) is 0 Å². The number of nitrogens with zero attached hydrogens (tertiary/aromatic N) is 2. The number of methoxy groups -OCH3 is 1. The molecule has 144 valence electrons. The number of aryl methyl sites for hydroxylation is 2. The molecular weight excluding hydrogens is 352 g/mol. The van der Waals surface area contributed by atoms with Crippen molar-refractivity contribution >= 4 is 17.4 Å². The van der Waals surface area contributed by atoms with Gasteiger partial charge in [-0.3, -0.25) is 4.79 Å². The summed E-state index contributed by atoms with van der Waals surface area (Å²) < 4.78 is 5.38. The first-order valence-corrected chi connectivity index (χ1v) is 9.14. The first-order valence-electron chi connectivity index (χ1n) is 9.14. The van der Waals surface area contributed by atoms with E-state index in [-0.39, 0.29) is 5.91 Å². The third-order valence-corrected chi connectivity index (χ3v) is 4.27. The van der Waals surface area contributed by atoms with Gasteiger partial charge in [0.1, 0.15) is 23.1 Å². The van der Waals surface area contributed by atoms with Crippen LogP contribution in [0.2, 0.25) is 0 Å². The number of hydrogen-bond donors (Lipinski definition) is 2. The minimum absolute atomic E-state index is 0.262. The summed E-state index contributed by atoms with van der Waals surface area (Å²) >= 11 is 0. The van der Waals surface area contributed by atoms with Crippen LogP contribution in [0, 0.1) is 13.8 Å². The van der Waals surface area contributed by atoms with Crippen molar-refractivity contribution < 1.29 is 9.53 Å². The van der Waals surface area contributed by atoms with Gasteiger partial charge in [-0.25, -0.2) is 9.97 Å². The lowest BCUT2D eigenvalue weighted by Crippen LogP contribution is -2.16. The van der Waals surface area contributed by atoms with E-state index in [1.54, 1.807) is 20.1 Å². The van der Waals surface area contributed by atoms with Gasteiger partial charge < -0.3 is 15.4 Å². The predicted molar refractivity (Wildman–Crippen MR) is 111 cm³/mol. The van der Waals surface area contributed by atoms with Gasteiger partial charge >= 0.3 is 0 Å². The average molecular weight is 376 g/mol. The summed E-state index contributed by atoms with van der Waals surface area (Å²) in [6.07, 6.45) is 0.776.